The van der Waals surface area contributed by atoms with Crippen LogP contribution in [0.25, 0.3) is 0 Å². The Kier molecular flexibility index (Phi) is 4.57. The van der Waals surface area contributed by atoms with Crippen LogP contribution in [0.3, 0.4) is 0 Å². The second-order valence-electron chi connectivity index (χ2n) is 5.52. The zero-order chi connectivity index (χ0) is 16.3. The van der Waals surface area contributed by atoms with Crippen molar-refractivity contribution in [2.45, 2.75) is 32.7 Å². The Morgan fingerprint density at radius 2 is 1.73 bits per heavy atom. The summed E-state index contributed by atoms with van der Waals surface area (Å²) in [5.41, 5.74) is 0.947. The van der Waals surface area contributed by atoms with Gasteiger partial charge in [-0.3, -0.25) is 9.59 Å². The summed E-state index contributed by atoms with van der Waals surface area (Å²) in [5.74, 6) is -0.0637. The molecule has 0 N–H and O–H groups in total. The predicted octanol–water partition coefficient (Wildman–Crippen LogP) is 3.29. The summed E-state index contributed by atoms with van der Waals surface area (Å²) in [6.07, 6.45) is 0. The molecule has 0 aliphatic rings. The molecule has 4 nitrogen and oxygen atoms in total. The molecule has 0 aliphatic heterocycles. The smallest absolute Gasteiger partial charge is 0.269 e. The van der Waals surface area contributed by atoms with Gasteiger partial charge in [-0.05, 0) is 25.0 Å². The highest BCUT2D eigenvalue weighted by molar-refractivity contribution is 5.98. The molecule has 0 radical (unpaired) electrons. The Bertz CT molecular complexity index is 783. The highest BCUT2D eigenvalue weighted by Crippen LogP contribution is 2.20. The molecule has 22 heavy (non-hydrogen) atoms. The molecule has 1 heterocycles. The number of aromatic nitrogens is 1. The lowest BCUT2D eigenvalue weighted by molar-refractivity contribution is 0.0931. The SMILES string of the molecule is CC(C)c1ccc(C#N)c(=O)n1C(C)C(=O)c1ccccc1. The van der Waals surface area contributed by atoms with Crippen molar-refractivity contribution < 1.29 is 4.79 Å². The van der Waals surface area contributed by atoms with Gasteiger partial charge in [-0.25, -0.2) is 0 Å². The van der Waals surface area contributed by atoms with Crippen LogP contribution in [-0.2, 0) is 0 Å². The standard InChI is InChI=1S/C18H18N2O2/c1-12(2)16-10-9-15(11-19)18(22)20(16)13(3)17(21)14-7-5-4-6-8-14/h4-10,12-13H,1-3H3. The Morgan fingerprint density at radius 1 is 1.09 bits per heavy atom. The van der Waals surface area contributed by atoms with Gasteiger partial charge in [0.2, 0.25) is 0 Å². The lowest BCUT2D eigenvalue weighted by atomic mass is 10.0. The lowest BCUT2D eigenvalue weighted by Gasteiger charge is -2.21. The third kappa shape index (κ3) is 2.84. The van der Waals surface area contributed by atoms with Gasteiger partial charge in [0.25, 0.3) is 5.56 Å². The molecule has 0 bridgehead atoms. The molecule has 4 heteroatoms. The minimum absolute atomic E-state index is 0.0529. The van der Waals surface area contributed by atoms with E-state index in [0.717, 1.165) is 5.69 Å². The van der Waals surface area contributed by atoms with E-state index in [1.165, 1.54) is 10.6 Å². The third-order valence-electron chi connectivity index (χ3n) is 3.69. The number of hydrogen-bond donors (Lipinski definition) is 0. The number of rotatable bonds is 4. The Hall–Kier alpha value is -2.67. The molecule has 0 spiro atoms. The second kappa shape index (κ2) is 6.40. The maximum atomic E-state index is 12.6. The Morgan fingerprint density at radius 3 is 2.27 bits per heavy atom. The Balaban J connectivity index is 2.58. The van der Waals surface area contributed by atoms with Gasteiger partial charge in [0.05, 0.1) is 6.04 Å². The van der Waals surface area contributed by atoms with E-state index < -0.39 is 11.6 Å². The monoisotopic (exact) mass is 294 g/mol. The quantitative estimate of drug-likeness (QED) is 0.813. The maximum Gasteiger partial charge on any atom is 0.269 e. The van der Waals surface area contributed by atoms with Crippen molar-refractivity contribution >= 4 is 5.78 Å². The molecule has 0 aliphatic carbocycles. The van der Waals surface area contributed by atoms with E-state index in [9.17, 15) is 9.59 Å². The first-order chi connectivity index (χ1) is 10.5. The summed E-state index contributed by atoms with van der Waals surface area (Å²) in [6.45, 7) is 5.61. The Labute approximate surface area is 129 Å². The average Bonchev–Trinajstić information content (AvgIpc) is 2.53. The van der Waals surface area contributed by atoms with Crippen LogP contribution in [-0.4, -0.2) is 10.4 Å². The van der Waals surface area contributed by atoms with Crippen LogP contribution in [0.5, 0.6) is 0 Å². The van der Waals surface area contributed by atoms with Crippen molar-refractivity contribution in [1.82, 2.24) is 4.57 Å². The molecular formula is C18H18N2O2. The lowest BCUT2D eigenvalue weighted by Crippen LogP contribution is -2.32. The summed E-state index contributed by atoms with van der Waals surface area (Å²) in [7, 11) is 0. The normalized spacial score (nSPS) is 12.0. The number of pyridine rings is 1. The van der Waals surface area contributed by atoms with Crippen LogP contribution in [0.2, 0.25) is 0 Å². The first-order valence-electron chi connectivity index (χ1n) is 7.22. The van der Waals surface area contributed by atoms with E-state index in [-0.39, 0.29) is 17.3 Å². The molecule has 0 saturated heterocycles. The molecule has 1 atom stereocenters. The topological polar surface area (TPSA) is 62.9 Å². The molecule has 2 rings (SSSR count). The van der Waals surface area contributed by atoms with E-state index in [2.05, 4.69) is 0 Å². The van der Waals surface area contributed by atoms with Crippen molar-refractivity contribution in [2.75, 3.05) is 0 Å². The van der Waals surface area contributed by atoms with Gasteiger partial charge in [-0.1, -0.05) is 44.2 Å². The van der Waals surface area contributed by atoms with Crippen LogP contribution in [0, 0.1) is 11.3 Å². The summed E-state index contributed by atoms with van der Waals surface area (Å²) >= 11 is 0. The molecular weight excluding hydrogens is 276 g/mol. The summed E-state index contributed by atoms with van der Waals surface area (Å²) in [5, 5.41) is 9.06. The summed E-state index contributed by atoms with van der Waals surface area (Å²) in [4.78, 5) is 25.1. The van der Waals surface area contributed by atoms with Crippen LogP contribution in [0.4, 0.5) is 0 Å². The van der Waals surface area contributed by atoms with Crippen LogP contribution in [0.15, 0.2) is 47.3 Å². The molecule has 2 aromatic rings. The first kappa shape index (κ1) is 15.7. The number of ketones is 1. The van der Waals surface area contributed by atoms with Crippen LogP contribution in [0.1, 0.15) is 54.3 Å². The van der Waals surface area contributed by atoms with Crippen LogP contribution < -0.4 is 5.56 Å². The fourth-order valence-electron chi connectivity index (χ4n) is 2.48. The van der Waals surface area contributed by atoms with Gasteiger partial charge in [0.15, 0.2) is 5.78 Å². The zero-order valence-electron chi connectivity index (χ0n) is 12.9. The highest BCUT2D eigenvalue weighted by Gasteiger charge is 2.22. The number of hydrogen-bond acceptors (Lipinski definition) is 3. The van der Waals surface area contributed by atoms with E-state index in [1.807, 2.05) is 26.0 Å². The van der Waals surface area contributed by atoms with Gasteiger partial charge in [-0.2, -0.15) is 5.26 Å². The van der Waals surface area contributed by atoms with Gasteiger partial charge < -0.3 is 4.57 Å². The molecule has 1 aromatic carbocycles. The molecule has 1 aromatic heterocycles. The maximum absolute atomic E-state index is 12.6. The van der Waals surface area contributed by atoms with Gasteiger partial charge in [0, 0.05) is 11.3 Å². The molecule has 0 fully saturated rings. The van der Waals surface area contributed by atoms with Gasteiger partial charge >= 0.3 is 0 Å². The van der Waals surface area contributed by atoms with Gasteiger partial charge in [0.1, 0.15) is 11.6 Å². The number of carbonyl (C=O) groups excluding carboxylic acids is 1. The van der Waals surface area contributed by atoms with Gasteiger partial charge in [-0.15, -0.1) is 0 Å². The van der Waals surface area contributed by atoms with E-state index in [0.29, 0.717) is 5.56 Å². The number of carbonyl (C=O) groups is 1. The van der Waals surface area contributed by atoms with Crippen molar-refractivity contribution in [3.63, 3.8) is 0 Å². The number of benzene rings is 1. The summed E-state index contributed by atoms with van der Waals surface area (Å²) < 4.78 is 1.44. The van der Waals surface area contributed by atoms with E-state index in [4.69, 9.17) is 5.26 Å². The van der Waals surface area contributed by atoms with Crippen molar-refractivity contribution in [3.8, 4) is 6.07 Å². The predicted molar refractivity (Wildman–Crippen MR) is 85.0 cm³/mol. The first-order valence-corrected chi connectivity index (χ1v) is 7.22. The second-order valence-corrected chi connectivity index (χ2v) is 5.52. The molecule has 112 valence electrons. The minimum Gasteiger partial charge on any atom is -0.301 e. The fourth-order valence-corrected chi connectivity index (χ4v) is 2.48. The zero-order valence-corrected chi connectivity index (χ0v) is 12.9. The molecule has 0 saturated carbocycles. The number of nitriles is 1. The molecule has 1 unspecified atom stereocenters. The molecule has 0 amide bonds. The van der Waals surface area contributed by atoms with E-state index in [1.54, 1.807) is 37.3 Å². The fraction of sp³-hybridized carbons (Fsp3) is 0.278. The number of Topliss-reactive ketones (excluding diaryl/α,β-unsaturated/α-hetero) is 1. The summed E-state index contributed by atoms with van der Waals surface area (Å²) in [6, 6.07) is 13.4. The highest BCUT2D eigenvalue weighted by atomic mass is 16.1. The minimum atomic E-state index is -0.652. The van der Waals surface area contributed by atoms with Crippen molar-refractivity contribution in [1.29, 1.82) is 5.26 Å². The number of nitrogens with zero attached hydrogens (tertiary/aromatic N) is 2. The van der Waals surface area contributed by atoms with E-state index >= 15 is 0 Å². The van der Waals surface area contributed by atoms with Crippen molar-refractivity contribution in [3.05, 3.63) is 69.6 Å². The van der Waals surface area contributed by atoms with Crippen LogP contribution >= 0.6 is 0 Å². The largest absolute Gasteiger partial charge is 0.301 e. The van der Waals surface area contributed by atoms with Crippen molar-refractivity contribution in [2.24, 2.45) is 0 Å². The average molecular weight is 294 g/mol. The third-order valence-corrected chi connectivity index (χ3v) is 3.69.